The van der Waals surface area contributed by atoms with E-state index in [0.717, 1.165) is 18.2 Å². The third-order valence-electron chi connectivity index (χ3n) is 2.69. The lowest BCUT2D eigenvalue weighted by Crippen LogP contribution is -2.17. The van der Waals surface area contributed by atoms with Crippen LogP contribution < -0.4 is 4.74 Å². The van der Waals surface area contributed by atoms with E-state index in [1.54, 1.807) is 0 Å². The summed E-state index contributed by atoms with van der Waals surface area (Å²) in [6.45, 7) is 0. The third kappa shape index (κ3) is 3.48. The number of alkyl halides is 3. The molecule has 0 saturated carbocycles. The first kappa shape index (κ1) is 16.1. The van der Waals surface area contributed by atoms with Crippen LogP contribution in [0.2, 0.25) is 5.02 Å². The van der Waals surface area contributed by atoms with Crippen molar-refractivity contribution in [3.8, 4) is 16.9 Å². The zero-order valence-corrected chi connectivity index (χ0v) is 11.4. The van der Waals surface area contributed by atoms with E-state index in [2.05, 4.69) is 4.74 Å². The van der Waals surface area contributed by atoms with Gasteiger partial charge >= 0.3 is 12.3 Å². The summed E-state index contributed by atoms with van der Waals surface area (Å²) in [5, 5.41) is 8.58. The molecule has 0 heterocycles. The molecule has 0 atom stereocenters. The lowest BCUT2D eigenvalue weighted by molar-refractivity contribution is -0.274. The predicted molar refractivity (Wildman–Crippen MR) is 70.5 cm³/mol. The van der Waals surface area contributed by atoms with Gasteiger partial charge in [0.15, 0.2) is 0 Å². The molecule has 0 spiro atoms. The number of carboxylic acids is 1. The van der Waals surface area contributed by atoms with Crippen molar-refractivity contribution >= 4 is 17.6 Å². The van der Waals surface area contributed by atoms with Crippen LogP contribution in [0, 0.1) is 5.82 Å². The lowest BCUT2D eigenvalue weighted by atomic mass is 10.0. The maximum atomic E-state index is 13.7. The van der Waals surface area contributed by atoms with E-state index in [1.165, 1.54) is 18.2 Å². The van der Waals surface area contributed by atoms with Crippen LogP contribution in [0.5, 0.6) is 5.75 Å². The van der Waals surface area contributed by atoms with Crippen LogP contribution in [0.25, 0.3) is 11.1 Å². The second-order valence-corrected chi connectivity index (χ2v) is 4.57. The van der Waals surface area contributed by atoms with Crippen LogP contribution >= 0.6 is 11.6 Å². The Morgan fingerprint density at radius 1 is 1.14 bits per heavy atom. The van der Waals surface area contributed by atoms with Gasteiger partial charge in [0.1, 0.15) is 11.6 Å². The van der Waals surface area contributed by atoms with Crippen molar-refractivity contribution in [2.45, 2.75) is 6.36 Å². The molecular formula is C14H7ClF4O3. The molecule has 0 unspecified atom stereocenters. The molecular weight excluding hydrogens is 328 g/mol. The van der Waals surface area contributed by atoms with Gasteiger partial charge in [-0.3, -0.25) is 0 Å². The van der Waals surface area contributed by atoms with Gasteiger partial charge < -0.3 is 9.84 Å². The number of carboxylic acid groups (broad SMARTS) is 1. The van der Waals surface area contributed by atoms with Crippen molar-refractivity contribution < 1.29 is 32.2 Å². The molecule has 0 aliphatic heterocycles. The number of para-hydroxylation sites is 1. The van der Waals surface area contributed by atoms with Gasteiger partial charge in [0.05, 0.1) is 5.56 Å². The lowest BCUT2D eigenvalue weighted by Gasteiger charge is -2.14. The summed E-state index contributed by atoms with van der Waals surface area (Å²) in [4.78, 5) is 10.8. The molecule has 2 aromatic rings. The molecule has 0 aromatic heterocycles. The average Bonchev–Trinajstić information content (AvgIpc) is 2.39. The fourth-order valence-corrected chi connectivity index (χ4v) is 2.09. The minimum absolute atomic E-state index is 0.107. The van der Waals surface area contributed by atoms with Gasteiger partial charge in [-0.25, -0.2) is 9.18 Å². The summed E-state index contributed by atoms with van der Waals surface area (Å²) < 4.78 is 54.7. The number of aromatic carboxylic acids is 1. The van der Waals surface area contributed by atoms with Crippen LogP contribution in [0.15, 0.2) is 36.4 Å². The van der Waals surface area contributed by atoms with Gasteiger partial charge in [0.25, 0.3) is 0 Å². The normalized spacial score (nSPS) is 11.3. The zero-order chi connectivity index (χ0) is 16.5. The highest BCUT2D eigenvalue weighted by molar-refractivity contribution is 6.33. The minimum Gasteiger partial charge on any atom is -0.478 e. The van der Waals surface area contributed by atoms with E-state index in [1.807, 2.05) is 0 Å². The van der Waals surface area contributed by atoms with Gasteiger partial charge in [-0.05, 0) is 18.2 Å². The van der Waals surface area contributed by atoms with Crippen LogP contribution in [0.4, 0.5) is 17.6 Å². The summed E-state index contributed by atoms with van der Waals surface area (Å²) in [6.07, 6.45) is -4.93. The first-order valence-corrected chi connectivity index (χ1v) is 6.14. The van der Waals surface area contributed by atoms with Crippen molar-refractivity contribution in [2.24, 2.45) is 0 Å². The Morgan fingerprint density at radius 3 is 2.36 bits per heavy atom. The molecule has 0 fully saturated rings. The van der Waals surface area contributed by atoms with Gasteiger partial charge in [-0.2, -0.15) is 0 Å². The topological polar surface area (TPSA) is 46.5 Å². The highest BCUT2D eigenvalue weighted by Gasteiger charge is 2.32. The fraction of sp³-hybridized carbons (Fsp3) is 0.0714. The Morgan fingerprint density at radius 2 is 1.77 bits per heavy atom. The molecule has 2 rings (SSSR count). The van der Waals surface area contributed by atoms with Crippen LogP contribution in [-0.4, -0.2) is 17.4 Å². The smallest absolute Gasteiger partial charge is 0.478 e. The monoisotopic (exact) mass is 334 g/mol. The molecule has 0 aliphatic rings. The van der Waals surface area contributed by atoms with Crippen LogP contribution in [0.3, 0.4) is 0 Å². The molecule has 3 nitrogen and oxygen atoms in total. The van der Waals surface area contributed by atoms with Crippen LogP contribution in [-0.2, 0) is 0 Å². The summed E-state index contributed by atoms with van der Waals surface area (Å²) in [7, 11) is 0. The van der Waals surface area contributed by atoms with Crippen molar-refractivity contribution in [3.05, 3.63) is 52.8 Å². The fourth-order valence-electron chi connectivity index (χ4n) is 1.82. The summed E-state index contributed by atoms with van der Waals surface area (Å²) in [6, 6.07) is 6.60. The van der Waals surface area contributed by atoms with Gasteiger partial charge in [0, 0.05) is 16.1 Å². The summed E-state index contributed by atoms with van der Waals surface area (Å²) in [5.74, 6) is -3.22. The summed E-state index contributed by atoms with van der Waals surface area (Å²) in [5.41, 5.74) is -0.896. The molecule has 0 bridgehead atoms. The molecule has 116 valence electrons. The van der Waals surface area contributed by atoms with Gasteiger partial charge in [0.2, 0.25) is 0 Å². The number of benzene rings is 2. The quantitative estimate of drug-likeness (QED) is 0.824. The number of hydrogen-bond acceptors (Lipinski definition) is 2. The zero-order valence-electron chi connectivity index (χ0n) is 10.6. The average molecular weight is 335 g/mol. The van der Waals surface area contributed by atoms with E-state index < -0.39 is 29.5 Å². The van der Waals surface area contributed by atoms with E-state index in [4.69, 9.17) is 16.7 Å². The Kier molecular flexibility index (Phi) is 4.27. The Hall–Kier alpha value is -2.28. The number of rotatable bonds is 3. The molecule has 0 aliphatic carbocycles. The van der Waals surface area contributed by atoms with E-state index >= 15 is 0 Å². The van der Waals surface area contributed by atoms with Crippen molar-refractivity contribution in [1.29, 1.82) is 0 Å². The molecule has 2 aromatic carbocycles. The Labute approximate surface area is 126 Å². The molecule has 0 radical (unpaired) electrons. The maximum absolute atomic E-state index is 13.7. The number of hydrogen-bond donors (Lipinski definition) is 1. The largest absolute Gasteiger partial charge is 0.573 e. The molecule has 0 amide bonds. The highest BCUT2D eigenvalue weighted by atomic mass is 35.5. The molecule has 8 heteroatoms. The predicted octanol–water partition coefficient (Wildman–Crippen LogP) is 4.74. The second-order valence-electron chi connectivity index (χ2n) is 4.16. The summed E-state index contributed by atoms with van der Waals surface area (Å²) >= 11 is 5.86. The maximum Gasteiger partial charge on any atom is 0.573 e. The molecule has 22 heavy (non-hydrogen) atoms. The van der Waals surface area contributed by atoms with Gasteiger partial charge in [-0.1, -0.05) is 29.8 Å². The van der Waals surface area contributed by atoms with Crippen molar-refractivity contribution in [3.63, 3.8) is 0 Å². The SMILES string of the molecule is O=C(O)c1cc(Cl)c(-c2ccccc2OC(F)(F)F)cc1F. The highest BCUT2D eigenvalue weighted by Crippen LogP contribution is 2.38. The molecule has 1 N–H and O–H groups in total. The first-order valence-electron chi connectivity index (χ1n) is 5.76. The number of carbonyl (C=O) groups is 1. The molecule has 0 saturated heterocycles. The van der Waals surface area contributed by atoms with E-state index in [9.17, 15) is 22.4 Å². The second kappa shape index (κ2) is 5.84. The van der Waals surface area contributed by atoms with E-state index in [-0.39, 0.29) is 16.1 Å². The number of ether oxygens (including phenoxy) is 1. The minimum atomic E-state index is -4.93. The van der Waals surface area contributed by atoms with Crippen molar-refractivity contribution in [1.82, 2.24) is 0 Å². The Balaban J connectivity index is 2.58. The number of halogens is 5. The van der Waals surface area contributed by atoms with Gasteiger partial charge in [-0.15, -0.1) is 13.2 Å². The third-order valence-corrected chi connectivity index (χ3v) is 3.00. The first-order chi connectivity index (χ1) is 10.2. The van der Waals surface area contributed by atoms with Crippen LogP contribution in [0.1, 0.15) is 10.4 Å². The standard InChI is InChI=1S/C14H7ClF4O3/c15-10-5-9(13(20)21)11(16)6-8(10)7-3-1-2-4-12(7)22-14(17,18)19/h1-6H,(H,20,21). The van der Waals surface area contributed by atoms with E-state index in [0.29, 0.717) is 0 Å². The Bertz CT molecular complexity index is 729. The van der Waals surface area contributed by atoms with Crippen molar-refractivity contribution in [2.75, 3.05) is 0 Å².